The zero-order chi connectivity index (χ0) is 14.3. The Balaban J connectivity index is 2.13. The lowest BCUT2D eigenvalue weighted by molar-refractivity contribution is 0.433. The molecule has 3 nitrogen and oxygen atoms in total. The van der Waals surface area contributed by atoms with Gasteiger partial charge in [0.05, 0.1) is 10.4 Å². The molecule has 0 radical (unpaired) electrons. The summed E-state index contributed by atoms with van der Waals surface area (Å²) in [6, 6.07) is 13.3. The molecule has 2 aromatic carbocycles. The summed E-state index contributed by atoms with van der Waals surface area (Å²) in [4.78, 5) is 4.56. The van der Waals surface area contributed by atoms with E-state index in [1.165, 1.54) is 0 Å². The fourth-order valence-corrected chi connectivity index (χ4v) is 2.41. The third kappa shape index (κ3) is 2.04. The van der Waals surface area contributed by atoms with Crippen molar-refractivity contribution in [3.05, 3.63) is 58.9 Å². The normalized spacial score (nSPS) is 11.9. The second kappa shape index (κ2) is 4.53. The molecule has 0 atom stereocenters. The van der Waals surface area contributed by atoms with Gasteiger partial charge in [0.2, 0.25) is 5.89 Å². The van der Waals surface area contributed by atoms with E-state index in [0.717, 1.165) is 16.8 Å². The Morgan fingerprint density at radius 2 is 1.80 bits per heavy atom. The number of hydrogen-bond acceptors (Lipinski definition) is 3. The third-order valence-corrected chi connectivity index (χ3v) is 3.83. The summed E-state index contributed by atoms with van der Waals surface area (Å²) in [7, 11) is 0. The van der Waals surface area contributed by atoms with Crippen LogP contribution in [0.15, 0.2) is 46.9 Å². The van der Waals surface area contributed by atoms with Crippen LogP contribution < -0.4 is 5.73 Å². The molecule has 3 rings (SSSR count). The molecule has 0 unspecified atom stereocenters. The van der Waals surface area contributed by atoms with E-state index in [4.69, 9.17) is 21.8 Å². The molecule has 2 N–H and O–H groups in total. The lowest BCUT2D eigenvalue weighted by Gasteiger charge is -2.21. The molecule has 0 aliphatic rings. The largest absolute Gasteiger partial charge is 0.438 e. The van der Waals surface area contributed by atoms with Gasteiger partial charge < -0.3 is 10.2 Å². The van der Waals surface area contributed by atoms with Crippen molar-refractivity contribution in [3.8, 4) is 0 Å². The molecule has 0 saturated heterocycles. The summed E-state index contributed by atoms with van der Waals surface area (Å²) in [5, 5.41) is 0.578. The molecule has 4 heteroatoms. The number of anilines is 1. The van der Waals surface area contributed by atoms with Crippen molar-refractivity contribution >= 4 is 28.4 Å². The van der Waals surface area contributed by atoms with Crippen molar-refractivity contribution in [2.45, 2.75) is 19.3 Å². The Kier molecular flexibility index (Phi) is 2.94. The fraction of sp³-hybridized carbons (Fsp3) is 0.188. The number of benzene rings is 2. The van der Waals surface area contributed by atoms with Crippen LogP contribution in [-0.2, 0) is 5.41 Å². The SMILES string of the molecule is CC(C)(c1ccc(N)cc1)c1nc2cccc(Cl)c2o1. The van der Waals surface area contributed by atoms with E-state index in [-0.39, 0.29) is 5.41 Å². The van der Waals surface area contributed by atoms with Gasteiger partial charge in [0.15, 0.2) is 5.58 Å². The first kappa shape index (κ1) is 13.0. The molecule has 0 saturated carbocycles. The Morgan fingerprint density at radius 3 is 2.45 bits per heavy atom. The topological polar surface area (TPSA) is 52.0 Å². The first-order valence-corrected chi connectivity index (χ1v) is 6.78. The van der Waals surface area contributed by atoms with Gasteiger partial charge >= 0.3 is 0 Å². The van der Waals surface area contributed by atoms with Crippen LogP contribution >= 0.6 is 11.6 Å². The van der Waals surface area contributed by atoms with E-state index in [2.05, 4.69) is 18.8 Å². The van der Waals surface area contributed by atoms with Crippen LogP contribution in [0.5, 0.6) is 0 Å². The molecule has 0 aliphatic heterocycles. The molecular formula is C16H15ClN2O. The van der Waals surface area contributed by atoms with Crippen LogP contribution in [0.25, 0.3) is 11.1 Å². The maximum absolute atomic E-state index is 6.14. The lowest BCUT2D eigenvalue weighted by Crippen LogP contribution is -2.19. The first-order chi connectivity index (χ1) is 9.48. The summed E-state index contributed by atoms with van der Waals surface area (Å²) in [6.07, 6.45) is 0. The van der Waals surface area contributed by atoms with Crippen LogP contribution in [0, 0.1) is 0 Å². The van der Waals surface area contributed by atoms with E-state index in [0.29, 0.717) is 16.5 Å². The quantitative estimate of drug-likeness (QED) is 0.711. The Hall–Kier alpha value is -2.00. The Morgan fingerprint density at radius 1 is 1.10 bits per heavy atom. The average Bonchev–Trinajstić information content (AvgIpc) is 2.85. The summed E-state index contributed by atoms with van der Waals surface area (Å²) >= 11 is 6.14. The lowest BCUT2D eigenvalue weighted by atomic mass is 9.84. The van der Waals surface area contributed by atoms with E-state index < -0.39 is 0 Å². The minimum absolute atomic E-state index is 0.351. The van der Waals surface area contributed by atoms with Crippen LogP contribution in [0.2, 0.25) is 5.02 Å². The molecule has 20 heavy (non-hydrogen) atoms. The Bertz CT molecular complexity index is 760. The summed E-state index contributed by atoms with van der Waals surface area (Å²) in [6.45, 7) is 4.13. The van der Waals surface area contributed by atoms with E-state index in [9.17, 15) is 0 Å². The van der Waals surface area contributed by atoms with Gasteiger partial charge in [-0.15, -0.1) is 0 Å². The van der Waals surface area contributed by atoms with Crippen LogP contribution in [-0.4, -0.2) is 4.98 Å². The zero-order valence-electron chi connectivity index (χ0n) is 11.4. The molecule has 0 spiro atoms. The average molecular weight is 287 g/mol. The van der Waals surface area contributed by atoms with E-state index in [1.807, 2.05) is 36.4 Å². The predicted molar refractivity (Wildman–Crippen MR) is 82.0 cm³/mol. The molecule has 3 aromatic rings. The van der Waals surface area contributed by atoms with Crippen molar-refractivity contribution in [1.82, 2.24) is 4.98 Å². The molecule has 0 amide bonds. The van der Waals surface area contributed by atoms with E-state index in [1.54, 1.807) is 6.07 Å². The van der Waals surface area contributed by atoms with Gasteiger partial charge in [0.1, 0.15) is 5.52 Å². The first-order valence-electron chi connectivity index (χ1n) is 6.40. The van der Waals surface area contributed by atoms with Gasteiger partial charge in [-0.05, 0) is 43.7 Å². The van der Waals surface area contributed by atoms with Gasteiger partial charge in [-0.3, -0.25) is 0 Å². The van der Waals surface area contributed by atoms with Gasteiger partial charge in [-0.25, -0.2) is 4.98 Å². The highest BCUT2D eigenvalue weighted by molar-refractivity contribution is 6.34. The Labute approximate surface area is 122 Å². The minimum atomic E-state index is -0.351. The van der Waals surface area contributed by atoms with Crippen molar-refractivity contribution < 1.29 is 4.42 Å². The number of nitrogen functional groups attached to an aromatic ring is 1. The third-order valence-electron chi connectivity index (χ3n) is 3.53. The maximum Gasteiger partial charge on any atom is 0.205 e. The number of para-hydroxylation sites is 1. The monoisotopic (exact) mass is 286 g/mol. The number of fused-ring (bicyclic) bond motifs is 1. The van der Waals surface area contributed by atoms with Gasteiger partial charge in [0, 0.05) is 5.69 Å². The standard InChI is InChI=1S/C16H15ClN2O/c1-16(2,10-6-8-11(18)9-7-10)15-19-13-5-3-4-12(17)14(13)20-15/h3-9H,18H2,1-2H3. The molecule has 0 fully saturated rings. The summed E-state index contributed by atoms with van der Waals surface area (Å²) in [5.74, 6) is 0.644. The fourth-order valence-electron chi connectivity index (χ4n) is 2.21. The van der Waals surface area contributed by atoms with Gasteiger partial charge in [0.25, 0.3) is 0 Å². The highest BCUT2D eigenvalue weighted by Crippen LogP contribution is 2.34. The predicted octanol–water partition coefficient (Wildman–Crippen LogP) is 4.39. The van der Waals surface area contributed by atoms with Crippen molar-refractivity contribution in [3.63, 3.8) is 0 Å². The number of aromatic nitrogens is 1. The molecule has 0 bridgehead atoms. The van der Waals surface area contributed by atoms with E-state index >= 15 is 0 Å². The molecule has 1 aromatic heterocycles. The maximum atomic E-state index is 6.14. The second-order valence-corrected chi connectivity index (χ2v) is 5.76. The summed E-state index contributed by atoms with van der Waals surface area (Å²) < 4.78 is 5.87. The zero-order valence-corrected chi connectivity index (χ0v) is 12.1. The molecule has 1 heterocycles. The minimum Gasteiger partial charge on any atom is -0.438 e. The molecular weight excluding hydrogens is 272 g/mol. The van der Waals surface area contributed by atoms with Crippen LogP contribution in [0.4, 0.5) is 5.69 Å². The number of hydrogen-bond donors (Lipinski definition) is 1. The van der Waals surface area contributed by atoms with Crippen LogP contribution in [0.3, 0.4) is 0 Å². The number of nitrogens with two attached hydrogens (primary N) is 1. The summed E-state index contributed by atoms with van der Waals surface area (Å²) in [5.41, 5.74) is 8.62. The number of rotatable bonds is 2. The van der Waals surface area contributed by atoms with Gasteiger partial charge in [-0.1, -0.05) is 29.8 Å². The number of nitrogens with zero attached hydrogens (tertiary/aromatic N) is 1. The smallest absolute Gasteiger partial charge is 0.205 e. The van der Waals surface area contributed by atoms with Crippen molar-refractivity contribution in [1.29, 1.82) is 0 Å². The number of oxazole rings is 1. The highest BCUT2D eigenvalue weighted by atomic mass is 35.5. The van der Waals surface area contributed by atoms with Gasteiger partial charge in [-0.2, -0.15) is 0 Å². The highest BCUT2D eigenvalue weighted by Gasteiger charge is 2.29. The van der Waals surface area contributed by atoms with Crippen molar-refractivity contribution in [2.75, 3.05) is 5.73 Å². The second-order valence-electron chi connectivity index (χ2n) is 5.35. The number of halogens is 1. The molecule has 102 valence electrons. The van der Waals surface area contributed by atoms with Crippen LogP contribution in [0.1, 0.15) is 25.3 Å². The molecule has 0 aliphatic carbocycles. The van der Waals surface area contributed by atoms with Crippen molar-refractivity contribution in [2.24, 2.45) is 0 Å².